The second kappa shape index (κ2) is 6.07. The normalized spacial score (nSPS) is 11.6. The molecule has 0 unspecified atom stereocenters. The van der Waals surface area contributed by atoms with Gasteiger partial charge in [0.05, 0.1) is 11.0 Å². The zero-order valence-corrected chi connectivity index (χ0v) is 14.1. The summed E-state index contributed by atoms with van der Waals surface area (Å²) in [5.74, 6) is 1.86. The third-order valence-electron chi connectivity index (χ3n) is 4.33. The minimum Gasteiger partial charge on any atom is -0.369 e. The molecule has 0 aliphatic rings. The monoisotopic (exact) mass is 319 g/mol. The van der Waals surface area contributed by atoms with E-state index in [9.17, 15) is 0 Å². The number of hydrogen-bond acceptors (Lipinski definition) is 5. The van der Waals surface area contributed by atoms with E-state index in [0.29, 0.717) is 0 Å². The summed E-state index contributed by atoms with van der Waals surface area (Å²) in [6.07, 6.45) is 3.75. The Kier molecular flexibility index (Phi) is 3.76. The van der Waals surface area contributed by atoms with Crippen LogP contribution in [0.4, 0.5) is 11.6 Å². The molecule has 5 nitrogen and oxygen atoms in total. The first-order valence-electron chi connectivity index (χ1n) is 8.60. The van der Waals surface area contributed by atoms with E-state index < -0.39 is 0 Å². The van der Waals surface area contributed by atoms with Crippen LogP contribution in [0, 0.1) is 0 Å². The first-order valence-corrected chi connectivity index (χ1v) is 8.60. The number of benzene rings is 2. The zero-order valence-electron chi connectivity index (χ0n) is 14.1. The smallest absolute Gasteiger partial charge is 0.136 e. The molecule has 0 fully saturated rings. The Morgan fingerprint density at radius 3 is 1.79 bits per heavy atom. The maximum absolute atomic E-state index is 4.87. The van der Waals surface area contributed by atoms with Gasteiger partial charge in [-0.05, 0) is 37.1 Å². The van der Waals surface area contributed by atoms with Gasteiger partial charge in [0, 0.05) is 34.6 Å². The predicted octanol–water partition coefficient (Wildman–Crippen LogP) is 4.41. The molecule has 2 N–H and O–H groups in total. The molecule has 0 aliphatic carbocycles. The quantitative estimate of drug-likeness (QED) is 0.515. The van der Waals surface area contributed by atoms with E-state index in [-0.39, 0.29) is 0 Å². The molecule has 0 radical (unpaired) electrons. The third-order valence-corrected chi connectivity index (χ3v) is 4.33. The van der Waals surface area contributed by atoms with Gasteiger partial charge in [-0.3, -0.25) is 0 Å². The summed E-state index contributed by atoms with van der Waals surface area (Å²) in [7, 11) is 0. The van der Waals surface area contributed by atoms with Gasteiger partial charge in [0.1, 0.15) is 18.0 Å². The average Bonchev–Trinajstić information content (AvgIpc) is 2.63. The highest BCUT2D eigenvalue weighted by Gasteiger charge is 2.16. The molecule has 5 heteroatoms. The highest BCUT2D eigenvalue weighted by molar-refractivity contribution is 6.25. The molecular formula is C19H21N5. The highest BCUT2D eigenvalue weighted by atomic mass is 15.1. The van der Waals surface area contributed by atoms with Crippen molar-refractivity contribution in [3.05, 3.63) is 30.6 Å². The van der Waals surface area contributed by atoms with E-state index >= 15 is 0 Å². The SMILES string of the molecule is CCCNc1nc(NCCC)c2ccc3ncnc4ccc1c2c43. The van der Waals surface area contributed by atoms with Gasteiger partial charge in [0.2, 0.25) is 0 Å². The molecule has 0 amide bonds. The van der Waals surface area contributed by atoms with Gasteiger partial charge in [0.25, 0.3) is 0 Å². The van der Waals surface area contributed by atoms with E-state index in [1.54, 1.807) is 6.33 Å². The topological polar surface area (TPSA) is 62.7 Å². The molecule has 4 rings (SSSR count). The molecule has 0 saturated carbocycles. The van der Waals surface area contributed by atoms with Crippen molar-refractivity contribution >= 4 is 44.2 Å². The minimum atomic E-state index is 0.903. The van der Waals surface area contributed by atoms with Crippen molar-refractivity contribution in [1.82, 2.24) is 15.0 Å². The largest absolute Gasteiger partial charge is 0.369 e. The molecule has 122 valence electrons. The van der Waals surface area contributed by atoms with Gasteiger partial charge in [0.15, 0.2) is 0 Å². The number of nitrogens with one attached hydrogen (secondary N) is 2. The van der Waals surface area contributed by atoms with E-state index in [1.165, 1.54) is 5.39 Å². The summed E-state index contributed by atoms with van der Waals surface area (Å²) in [5, 5.41) is 11.5. The Morgan fingerprint density at radius 1 is 0.750 bits per heavy atom. The lowest BCUT2D eigenvalue weighted by Gasteiger charge is -2.17. The van der Waals surface area contributed by atoms with E-state index in [0.717, 1.165) is 64.8 Å². The summed E-state index contributed by atoms with van der Waals surface area (Å²) in [4.78, 5) is 13.8. The summed E-state index contributed by atoms with van der Waals surface area (Å²) < 4.78 is 0. The molecule has 0 aliphatic heterocycles. The van der Waals surface area contributed by atoms with Crippen LogP contribution in [0.15, 0.2) is 30.6 Å². The van der Waals surface area contributed by atoms with Crippen molar-refractivity contribution < 1.29 is 0 Å². The maximum Gasteiger partial charge on any atom is 0.136 e. The molecule has 4 aromatic rings. The van der Waals surface area contributed by atoms with Crippen LogP contribution in [0.25, 0.3) is 32.6 Å². The van der Waals surface area contributed by atoms with Crippen molar-refractivity contribution in [2.45, 2.75) is 26.7 Å². The second-order valence-corrected chi connectivity index (χ2v) is 6.05. The lowest BCUT2D eigenvalue weighted by atomic mass is 9.99. The molecule has 2 aromatic heterocycles. The maximum atomic E-state index is 4.87. The Bertz CT molecular complexity index is 922. The van der Waals surface area contributed by atoms with Gasteiger partial charge in [-0.1, -0.05) is 13.8 Å². The summed E-state index contributed by atoms with van der Waals surface area (Å²) in [6.45, 7) is 6.13. The van der Waals surface area contributed by atoms with Crippen molar-refractivity contribution in [2.75, 3.05) is 23.7 Å². The Hall–Kier alpha value is -2.69. The van der Waals surface area contributed by atoms with Crippen LogP contribution in [-0.4, -0.2) is 28.0 Å². The third kappa shape index (κ3) is 2.28. The van der Waals surface area contributed by atoms with Crippen LogP contribution >= 0.6 is 0 Å². The molecule has 0 atom stereocenters. The molecule has 2 heterocycles. The second-order valence-electron chi connectivity index (χ2n) is 6.05. The Labute approximate surface area is 140 Å². The van der Waals surface area contributed by atoms with Crippen LogP contribution in [0.5, 0.6) is 0 Å². The molecule has 24 heavy (non-hydrogen) atoms. The molecular weight excluding hydrogens is 298 g/mol. The summed E-state index contributed by atoms with van der Waals surface area (Å²) in [6, 6.07) is 8.35. The Morgan fingerprint density at radius 2 is 1.29 bits per heavy atom. The van der Waals surface area contributed by atoms with Crippen molar-refractivity contribution in [3.63, 3.8) is 0 Å². The van der Waals surface area contributed by atoms with Crippen LogP contribution in [0.1, 0.15) is 26.7 Å². The number of anilines is 2. The van der Waals surface area contributed by atoms with Crippen molar-refractivity contribution in [3.8, 4) is 0 Å². The van der Waals surface area contributed by atoms with Crippen LogP contribution < -0.4 is 10.6 Å². The number of aromatic nitrogens is 3. The van der Waals surface area contributed by atoms with Crippen molar-refractivity contribution in [1.29, 1.82) is 0 Å². The lowest BCUT2D eigenvalue weighted by Crippen LogP contribution is -2.08. The van der Waals surface area contributed by atoms with E-state index in [1.807, 2.05) is 0 Å². The first-order chi connectivity index (χ1) is 11.8. The molecule has 2 aromatic carbocycles. The standard InChI is InChI=1S/C19H21N5/c1-3-9-20-18-12-5-7-14-17-15(23-11-22-14)8-6-13(16(12)17)19(24-18)21-10-4-2/h5-8,11H,3-4,9-10H2,1-2H3,(H2,20,21,24). The number of rotatable bonds is 6. The highest BCUT2D eigenvalue weighted by Crippen LogP contribution is 2.38. The summed E-state index contributed by atoms with van der Waals surface area (Å²) in [5.41, 5.74) is 1.96. The van der Waals surface area contributed by atoms with E-state index in [2.05, 4.69) is 58.7 Å². The summed E-state index contributed by atoms with van der Waals surface area (Å²) >= 11 is 0. The van der Waals surface area contributed by atoms with Crippen molar-refractivity contribution in [2.24, 2.45) is 0 Å². The van der Waals surface area contributed by atoms with Gasteiger partial charge >= 0.3 is 0 Å². The predicted molar refractivity (Wildman–Crippen MR) is 101 cm³/mol. The number of pyridine rings is 1. The fourth-order valence-corrected chi connectivity index (χ4v) is 3.21. The van der Waals surface area contributed by atoms with Gasteiger partial charge < -0.3 is 10.6 Å². The zero-order chi connectivity index (χ0) is 16.5. The Balaban J connectivity index is 2.07. The van der Waals surface area contributed by atoms with Crippen LogP contribution in [0.2, 0.25) is 0 Å². The molecule has 0 spiro atoms. The average molecular weight is 319 g/mol. The van der Waals surface area contributed by atoms with Crippen LogP contribution in [-0.2, 0) is 0 Å². The number of nitrogens with zero attached hydrogens (tertiary/aromatic N) is 3. The molecule has 0 saturated heterocycles. The minimum absolute atomic E-state index is 0.903. The fraction of sp³-hybridized carbons (Fsp3) is 0.316. The first kappa shape index (κ1) is 14.9. The van der Waals surface area contributed by atoms with Gasteiger partial charge in [-0.2, -0.15) is 0 Å². The van der Waals surface area contributed by atoms with Crippen LogP contribution in [0.3, 0.4) is 0 Å². The molecule has 0 bridgehead atoms. The van der Waals surface area contributed by atoms with Gasteiger partial charge in [-0.15, -0.1) is 0 Å². The lowest BCUT2D eigenvalue weighted by molar-refractivity contribution is 0.960. The number of hydrogen-bond donors (Lipinski definition) is 2. The van der Waals surface area contributed by atoms with E-state index in [4.69, 9.17) is 4.98 Å². The van der Waals surface area contributed by atoms with Gasteiger partial charge in [-0.25, -0.2) is 15.0 Å². The fourth-order valence-electron chi connectivity index (χ4n) is 3.21.